The third-order valence-electron chi connectivity index (χ3n) is 4.02. The molecule has 5 heteroatoms. The van der Waals surface area contributed by atoms with Crippen molar-refractivity contribution in [2.45, 2.75) is 13.0 Å². The summed E-state index contributed by atoms with van der Waals surface area (Å²) in [6, 6.07) is 12.2. The van der Waals surface area contributed by atoms with E-state index in [2.05, 4.69) is 4.98 Å². The maximum Gasteiger partial charge on any atom is 0.262 e. The lowest BCUT2D eigenvalue weighted by atomic mass is 10.1. The summed E-state index contributed by atoms with van der Waals surface area (Å²) in [5.41, 5.74) is 2.41. The number of rotatable bonds is 2. The fraction of sp³-hybridized carbons (Fsp3) is 0.118. The minimum atomic E-state index is -0.410. The Balaban J connectivity index is 1.76. The van der Waals surface area contributed by atoms with E-state index in [1.165, 1.54) is 4.90 Å². The Labute approximate surface area is 126 Å². The molecule has 1 aliphatic rings. The Morgan fingerprint density at radius 2 is 1.59 bits per heavy atom. The van der Waals surface area contributed by atoms with Gasteiger partial charge in [-0.25, -0.2) is 4.98 Å². The van der Waals surface area contributed by atoms with Crippen LogP contribution in [0.25, 0.3) is 5.65 Å². The van der Waals surface area contributed by atoms with Crippen LogP contribution < -0.4 is 0 Å². The van der Waals surface area contributed by atoms with E-state index in [1.54, 1.807) is 24.3 Å². The predicted molar refractivity (Wildman–Crippen MR) is 80.5 cm³/mol. The van der Waals surface area contributed by atoms with Gasteiger partial charge in [-0.1, -0.05) is 18.2 Å². The smallest absolute Gasteiger partial charge is 0.262 e. The minimum absolute atomic E-state index is 0.259. The monoisotopic (exact) mass is 291 g/mol. The van der Waals surface area contributed by atoms with E-state index in [4.69, 9.17) is 0 Å². The van der Waals surface area contributed by atoms with Crippen molar-refractivity contribution in [3.63, 3.8) is 0 Å². The van der Waals surface area contributed by atoms with Crippen molar-refractivity contribution >= 4 is 17.5 Å². The van der Waals surface area contributed by atoms with Gasteiger partial charge in [0, 0.05) is 12.4 Å². The number of carbonyl (C=O) groups is 2. The number of pyridine rings is 1. The number of fused-ring (bicyclic) bond motifs is 2. The van der Waals surface area contributed by atoms with Gasteiger partial charge in [-0.2, -0.15) is 0 Å². The Kier molecular flexibility index (Phi) is 2.63. The highest BCUT2D eigenvalue weighted by atomic mass is 16.2. The first-order valence-electron chi connectivity index (χ1n) is 7.07. The second kappa shape index (κ2) is 4.53. The lowest BCUT2D eigenvalue weighted by Gasteiger charge is -2.20. The zero-order valence-electron chi connectivity index (χ0n) is 11.9. The molecular formula is C17H13N3O2. The molecule has 0 aliphatic carbocycles. The quantitative estimate of drug-likeness (QED) is 0.682. The Morgan fingerprint density at radius 3 is 2.23 bits per heavy atom. The van der Waals surface area contributed by atoms with Gasteiger partial charge < -0.3 is 4.40 Å². The molecule has 22 heavy (non-hydrogen) atoms. The van der Waals surface area contributed by atoms with Crippen molar-refractivity contribution in [1.82, 2.24) is 14.3 Å². The van der Waals surface area contributed by atoms with Gasteiger partial charge in [-0.05, 0) is 31.2 Å². The topological polar surface area (TPSA) is 54.7 Å². The molecule has 0 N–H and O–H groups in total. The van der Waals surface area contributed by atoms with Gasteiger partial charge in [0.2, 0.25) is 0 Å². The average molecular weight is 291 g/mol. The van der Waals surface area contributed by atoms with Crippen LogP contribution in [0.15, 0.2) is 54.9 Å². The van der Waals surface area contributed by atoms with Crippen LogP contribution >= 0.6 is 0 Å². The molecule has 108 valence electrons. The van der Waals surface area contributed by atoms with E-state index in [0.717, 1.165) is 5.65 Å². The van der Waals surface area contributed by atoms with E-state index in [-0.39, 0.29) is 11.8 Å². The zero-order valence-corrected chi connectivity index (χ0v) is 11.9. The number of amides is 2. The second-order valence-electron chi connectivity index (χ2n) is 5.33. The maximum atomic E-state index is 12.5. The maximum absolute atomic E-state index is 12.5. The van der Waals surface area contributed by atoms with Crippen LogP contribution in [0.4, 0.5) is 0 Å². The van der Waals surface area contributed by atoms with E-state index in [1.807, 2.05) is 41.9 Å². The first kappa shape index (κ1) is 12.8. The molecule has 4 rings (SSSR count). The molecule has 1 aromatic carbocycles. The fourth-order valence-corrected chi connectivity index (χ4v) is 2.85. The highest BCUT2D eigenvalue weighted by Crippen LogP contribution is 2.30. The van der Waals surface area contributed by atoms with Gasteiger partial charge in [0.1, 0.15) is 5.65 Å². The van der Waals surface area contributed by atoms with Crippen LogP contribution in [0.1, 0.15) is 39.4 Å². The predicted octanol–water partition coefficient (Wildman–Crippen LogP) is 2.69. The molecule has 0 spiro atoms. The molecule has 0 saturated carbocycles. The van der Waals surface area contributed by atoms with E-state index in [0.29, 0.717) is 16.8 Å². The molecule has 1 aliphatic heterocycles. The Hall–Kier alpha value is -2.95. The summed E-state index contributed by atoms with van der Waals surface area (Å²) in [5.74, 6) is -0.518. The number of imide groups is 1. The summed E-state index contributed by atoms with van der Waals surface area (Å²) in [4.78, 5) is 30.8. The lowest BCUT2D eigenvalue weighted by molar-refractivity contribution is 0.0592. The highest BCUT2D eigenvalue weighted by Gasteiger charge is 2.39. The summed E-state index contributed by atoms with van der Waals surface area (Å²) in [5, 5.41) is 0. The molecule has 3 heterocycles. The molecule has 1 atom stereocenters. The molecule has 3 aromatic rings. The van der Waals surface area contributed by atoms with Gasteiger partial charge in [-0.15, -0.1) is 0 Å². The normalized spacial score (nSPS) is 15.4. The minimum Gasteiger partial charge on any atom is -0.307 e. The summed E-state index contributed by atoms with van der Waals surface area (Å²) < 4.78 is 1.88. The largest absolute Gasteiger partial charge is 0.307 e. The lowest BCUT2D eigenvalue weighted by Crippen LogP contribution is -2.32. The van der Waals surface area contributed by atoms with Gasteiger partial charge in [0.15, 0.2) is 0 Å². The molecule has 0 radical (unpaired) electrons. The van der Waals surface area contributed by atoms with Crippen molar-refractivity contribution in [1.29, 1.82) is 0 Å². The number of nitrogens with zero attached hydrogens (tertiary/aromatic N) is 3. The van der Waals surface area contributed by atoms with Crippen LogP contribution in [0.2, 0.25) is 0 Å². The standard InChI is InChI=1S/C17H13N3O2/c1-11(14-10-19-9-5-4-8-15(19)18-14)20-16(21)12-6-2-3-7-13(12)17(20)22/h2-11H,1H3. The summed E-state index contributed by atoms with van der Waals surface area (Å²) >= 11 is 0. The molecule has 2 amide bonds. The number of aromatic nitrogens is 2. The molecular weight excluding hydrogens is 278 g/mol. The zero-order chi connectivity index (χ0) is 15.3. The number of hydrogen-bond acceptors (Lipinski definition) is 3. The van der Waals surface area contributed by atoms with Gasteiger partial charge >= 0.3 is 0 Å². The Bertz CT molecular complexity index is 845. The number of imidazole rings is 1. The summed E-state index contributed by atoms with van der Waals surface area (Å²) in [6.07, 6.45) is 3.74. The molecule has 0 fully saturated rings. The average Bonchev–Trinajstić information content (AvgIpc) is 3.08. The molecule has 2 aromatic heterocycles. The van der Waals surface area contributed by atoms with Crippen LogP contribution in [-0.2, 0) is 0 Å². The number of carbonyl (C=O) groups excluding carboxylic acids is 2. The van der Waals surface area contributed by atoms with E-state index < -0.39 is 6.04 Å². The summed E-state index contributed by atoms with van der Waals surface area (Å²) in [6.45, 7) is 1.82. The van der Waals surface area contributed by atoms with Crippen LogP contribution in [0.3, 0.4) is 0 Å². The highest BCUT2D eigenvalue weighted by molar-refractivity contribution is 6.21. The van der Waals surface area contributed by atoms with Gasteiger partial charge in [0.05, 0.1) is 22.9 Å². The Morgan fingerprint density at radius 1 is 0.955 bits per heavy atom. The van der Waals surface area contributed by atoms with Gasteiger partial charge in [-0.3, -0.25) is 14.5 Å². The second-order valence-corrected chi connectivity index (χ2v) is 5.33. The molecule has 0 saturated heterocycles. The van der Waals surface area contributed by atoms with E-state index in [9.17, 15) is 9.59 Å². The third kappa shape index (κ3) is 1.69. The van der Waals surface area contributed by atoms with Crippen LogP contribution in [0.5, 0.6) is 0 Å². The van der Waals surface area contributed by atoms with Crippen molar-refractivity contribution in [3.05, 3.63) is 71.7 Å². The van der Waals surface area contributed by atoms with Crippen molar-refractivity contribution in [3.8, 4) is 0 Å². The van der Waals surface area contributed by atoms with Crippen molar-refractivity contribution in [2.75, 3.05) is 0 Å². The summed E-state index contributed by atoms with van der Waals surface area (Å²) in [7, 11) is 0. The number of benzene rings is 1. The first-order chi connectivity index (χ1) is 10.7. The SMILES string of the molecule is CC(c1cn2ccccc2n1)N1C(=O)c2ccccc2C1=O. The number of hydrogen-bond donors (Lipinski definition) is 0. The van der Waals surface area contributed by atoms with Crippen LogP contribution in [0, 0.1) is 0 Å². The van der Waals surface area contributed by atoms with Crippen molar-refractivity contribution < 1.29 is 9.59 Å². The molecule has 0 bridgehead atoms. The van der Waals surface area contributed by atoms with Crippen molar-refractivity contribution in [2.24, 2.45) is 0 Å². The third-order valence-corrected chi connectivity index (χ3v) is 4.02. The first-order valence-corrected chi connectivity index (χ1v) is 7.07. The molecule has 1 unspecified atom stereocenters. The van der Waals surface area contributed by atoms with E-state index >= 15 is 0 Å². The fourth-order valence-electron chi connectivity index (χ4n) is 2.85. The van der Waals surface area contributed by atoms with Crippen LogP contribution in [-0.4, -0.2) is 26.1 Å². The van der Waals surface area contributed by atoms with Gasteiger partial charge in [0.25, 0.3) is 11.8 Å². The molecule has 5 nitrogen and oxygen atoms in total.